The summed E-state index contributed by atoms with van der Waals surface area (Å²) in [4.78, 5) is 17.1. The van der Waals surface area contributed by atoms with Crippen molar-refractivity contribution in [2.75, 3.05) is 0 Å². The Kier molecular flexibility index (Phi) is 3.57. The van der Waals surface area contributed by atoms with Crippen LogP contribution in [-0.4, -0.2) is 10.8 Å². The lowest BCUT2D eigenvalue weighted by atomic mass is 10.2. The van der Waals surface area contributed by atoms with Crippen LogP contribution in [0.2, 0.25) is 0 Å². The lowest BCUT2D eigenvalue weighted by Crippen LogP contribution is -1.96. The van der Waals surface area contributed by atoms with E-state index in [4.69, 9.17) is 4.74 Å². The molecule has 0 atom stereocenters. The second kappa shape index (κ2) is 5.37. The van der Waals surface area contributed by atoms with Crippen LogP contribution < -0.4 is 4.74 Å². The number of ether oxygens (including phenoxy) is 1. The molecule has 1 aliphatic rings. The minimum Gasteiger partial charge on any atom is -0.486 e. The topological polar surface area (TPSA) is 39.2 Å². The Balaban J connectivity index is 1.74. The van der Waals surface area contributed by atoms with Gasteiger partial charge in [-0.1, -0.05) is 12.1 Å². The zero-order valence-electron chi connectivity index (χ0n) is 11.7. The molecule has 1 heterocycles. The zero-order chi connectivity index (χ0) is 14.1. The molecule has 104 valence electrons. The predicted octanol–water partition coefficient (Wildman–Crippen LogP) is 4.11. The maximum Gasteiger partial charge on any atom is 0.171 e. The normalized spacial score (nSPS) is 14.3. The number of hydrogen-bond acceptors (Lipinski definition) is 4. The fraction of sp³-hybridized carbons (Fsp3) is 0.375. The molecule has 1 aromatic carbocycles. The van der Waals surface area contributed by atoms with Crippen LogP contribution in [0, 0.1) is 6.92 Å². The summed E-state index contributed by atoms with van der Waals surface area (Å²) in [5.74, 6) is 1.46. The van der Waals surface area contributed by atoms with Gasteiger partial charge in [-0.2, -0.15) is 0 Å². The minimum absolute atomic E-state index is 0.117. The quantitative estimate of drug-likeness (QED) is 0.777. The Bertz CT molecular complexity index is 644. The molecule has 1 saturated carbocycles. The first-order chi connectivity index (χ1) is 9.63. The van der Waals surface area contributed by atoms with Gasteiger partial charge in [0, 0.05) is 12.8 Å². The standard InChI is InChI=1S/C16H17NO2S/c1-10-4-3-5-13(8-10)19-9-14-17-15(12-6-7-12)16(20-14)11(2)18/h3-5,8,12H,6-7,9H2,1-2H3. The number of Topliss-reactive ketones (excluding diaryl/α,β-unsaturated/α-hetero) is 1. The Morgan fingerprint density at radius 3 is 2.90 bits per heavy atom. The van der Waals surface area contributed by atoms with E-state index < -0.39 is 0 Å². The highest BCUT2D eigenvalue weighted by Crippen LogP contribution is 2.42. The molecule has 3 rings (SSSR count). The van der Waals surface area contributed by atoms with Crippen molar-refractivity contribution in [1.82, 2.24) is 4.98 Å². The van der Waals surface area contributed by atoms with E-state index in [9.17, 15) is 4.79 Å². The first-order valence-electron chi connectivity index (χ1n) is 6.83. The maximum absolute atomic E-state index is 11.7. The molecule has 20 heavy (non-hydrogen) atoms. The monoisotopic (exact) mass is 287 g/mol. The summed E-state index contributed by atoms with van der Waals surface area (Å²) in [6.07, 6.45) is 2.31. The number of carbonyl (C=O) groups is 1. The van der Waals surface area contributed by atoms with Crippen molar-refractivity contribution in [3.8, 4) is 5.75 Å². The second-order valence-corrected chi connectivity index (χ2v) is 6.34. The first-order valence-corrected chi connectivity index (χ1v) is 7.65. The fourth-order valence-electron chi connectivity index (χ4n) is 2.18. The number of nitrogens with zero attached hydrogens (tertiary/aromatic N) is 1. The predicted molar refractivity (Wildman–Crippen MR) is 79.6 cm³/mol. The summed E-state index contributed by atoms with van der Waals surface area (Å²) >= 11 is 1.47. The van der Waals surface area contributed by atoms with Gasteiger partial charge in [0.2, 0.25) is 0 Å². The smallest absolute Gasteiger partial charge is 0.171 e. The van der Waals surface area contributed by atoms with E-state index in [2.05, 4.69) is 4.98 Å². The van der Waals surface area contributed by atoms with Crippen molar-refractivity contribution < 1.29 is 9.53 Å². The third kappa shape index (κ3) is 2.90. The summed E-state index contributed by atoms with van der Waals surface area (Å²) in [7, 11) is 0. The maximum atomic E-state index is 11.7. The Morgan fingerprint density at radius 1 is 1.45 bits per heavy atom. The van der Waals surface area contributed by atoms with Crippen LogP contribution in [0.25, 0.3) is 0 Å². The molecule has 0 spiro atoms. The van der Waals surface area contributed by atoms with E-state index in [-0.39, 0.29) is 5.78 Å². The van der Waals surface area contributed by atoms with Crippen LogP contribution in [0.15, 0.2) is 24.3 Å². The molecule has 0 aliphatic heterocycles. The molecule has 0 bridgehead atoms. The van der Waals surface area contributed by atoms with Crippen LogP contribution in [0.4, 0.5) is 0 Å². The fourth-order valence-corrected chi connectivity index (χ4v) is 3.13. The van der Waals surface area contributed by atoms with Crippen molar-refractivity contribution in [2.24, 2.45) is 0 Å². The number of benzene rings is 1. The van der Waals surface area contributed by atoms with Crippen LogP contribution in [0.5, 0.6) is 5.75 Å². The van der Waals surface area contributed by atoms with Gasteiger partial charge in [0.05, 0.1) is 10.6 Å². The number of carbonyl (C=O) groups excluding carboxylic acids is 1. The summed E-state index contributed by atoms with van der Waals surface area (Å²) in [5.41, 5.74) is 2.16. The van der Waals surface area contributed by atoms with Gasteiger partial charge in [0.1, 0.15) is 17.4 Å². The van der Waals surface area contributed by atoms with Crippen LogP contribution in [-0.2, 0) is 6.61 Å². The molecule has 0 N–H and O–H groups in total. The third-order valence-corrected chi connectivity index (χ3v) is 4.48. The van der Waals surface area contributed by atoms with Gasteiger partial charge in [-0.15, -0.1) is 11.3 Å². The van der Waals surface area contributed by atoms with Gasteiger partial charge < -0.3 is 4.74 Å². The molecular formula is C16H17NO2S. The average Bonchev–Trinajstić information content (AvgIpc) is 3.16. The van der Waals surface area contributed by atoms with E-state index in [1.807, 2.05) is 31.2 Å². The van der Waals surface area contributed by atoms with E-state index in [1.54, 1.807) is 6.92 Å². The third-order valence-electron chi connectivity index (χ3n) is 3.33. The highest BCUT2D eigenvalue weighted by Gasteiger charge is 2.31. The molecule has 3 nitrogen and oxygen atoms in total. The Morgan fingerprint density at radius 2 is 2.25 bits per heavy atom. The molecule has 2 aromatic rings. The van der Waals surface area contributed by atoms with Gasteiger partial charge in [0.25, 0.3) is 0 Å². The summed E-state index contributed by atoms with van der Waals surface area (Å²) in [5, 5.41) is 0.888. The van der Waals surface area contributed by atoms with Crippen molar-refractivity contribution in [2.45, 2.75) is 39.2 Å². The first kappa shape index (κ1) is 13.3. The number of aromatic nitrogens is 1. The molecule has 0 unspecified atom stereocenters. The number of rotatable bonds is 5. The number of hydrogen-bond donors (Lipinski definition) is 0. The second-order valence-electron chi connectivity index (χ2n) is 5.26. The van der Waals surface area contributed by atoms with Crippen molar-refractivity contribution in [3.63, 3.8) is 0 Å². The van der Waals surface area contributed by atoms with Gasteiger partial charge in [0.15, 0.2) is 5.78 Å². The minimum atomic E-state index is 0.117. The summed E-state index contributed by atoms with van der Waals surface area (Å²) in [6.45, 7) is 4.08. The van der Waals surface area contributed by atoms with Gasteiger partial charge in [-0.3, -0.25) is 4.79 Å². The molecule has 4 heteroatoms. The van der Waals surface area contributed by atoms with Gasteiger partial charge in [-0.25, -0.2) is 4.98 Å². The van der Waals surface area contributed by atoms with Crippen LogP contribution in [0.3, 0.4) is 0 Å². The molecule has 1 aromatic heterocycles. The van der Waals surface area contributed by atoms with E-state index in [1.165, 1.54) is 16.9 Å². The lowest BCUT2D eigenvalue weighted by molar-refractivity contribution is 0.102. The Hall–Kier alpha value is -1.68. The highest BCUT2D eigenvalue weighted by atomic mass is 32.1. The Labute approximate surface area is 122 Å². The number of thiazole rings is 1. The van der Waals surface area contributed by atoms with E-state index in [0.29, 0.717) is 12.5 Å². The SMILES string of the molecule is CC(=O)c1sc(COc2cccc(C)c2)nc1C1CC1. The lowest BCUT2D eigenvalue weighted by Gasteiger charge is -2.04. The summed E-state index contributed by atoms with van der Waals surface area (Å²) in [6, 6.07) is 7.95. The number of aryl methyl sites for hydroxylation is 1. The van der Waals surface area contributed by atoms with Gasteiger partial charge >= 0.3 is 0 Å². The van der Waals surface area contributed by atoms with Crippen LogP contribution >= 0.6 is 11.3 Å². The van der Waals surface area contributed by atoms with Crippen LogP contribution in [0.1, 0.15) is 51.6 Å². The molecule has 0 saturated heterocycles. The summed E-state index contributed by atoms with van der Waals surface area (Å²) < 4.78 is 5.76. The molecule has 0 radical (unpaired) electrons. The van der Waals surface area contributed by atoms with Crippen molar-refractivity contribution in [3.05, 3.63) is 45.4 Å². The molecule has 0 amide bonds. The highest BCUT2D eigenvalue weighted by molar-refractivity contribution is 7.13. The average molecular weight is 287 g/mol. The zero-order valence-corrected chi connectivity index (χ0v) is 12.5. The van der Waals surface area contributed by atoms with Crippen molar-refractivity contribution in [1.29, 1.82) is 0 Å². The van der Waals surface area contributed by atoms with Gasteiger partial charge in [-0.05, 0) is 37.5 Å². The number of ketones is 1. The van der Waals surface area contributed by atoms with Crippen molar-refractivity contribution >= 4 is 17.1 Å². The molecule has 1 fully saturated rings. The largest absolute Gasteiger partial charge is 0.486 e. The van der Waals surface area contributed by atoms with E-state index in [0.717, 1.165) is 34.2 Å². The van der Waals surface area contributed by atoms with E-state index >= 15 is 0 Å². The molecular weight excluding hydrogens is 270 g/mol. The molecule has 1 aliphatic carbocycles.